The Labute approximate surface area is 129 Å². The zero-order chi connectivity index (χ0) is 15.0. The quantitative estimate of drug-likeness (QED) is 0.529. The highest BCUT2D eigenvalue weighted by Crippen LogP contribution is 2.29. The molecule has 0 heterocycles. The number of ether oxygens (including phenoxy) is 2. The highest BCUT2D eigenvalue weighted by atomic mass is 79.9. The van der Waals surface area contributed by atoms with Crippen LogP contribution in [-0.2, 0) is 16.0 Å². The van der Waals surface area contributed by atoms with E-state index in [-0.39, 0.29) is 11.4 Å². The number of alkyl halides is 1. The van der Waals surface area contributed by atoms with Gasteiger partial charge in [-0.25, -0.2) is 0 Å². The molecule has 3 nitrogen and oxygen atoms in total. The fourth-order valence-corrected chi connectivity index (χ4v) is 2.82. The van der Waals surface area contributed by atoms with Crippen LogP contribution in [0.15, 0.2) is 24.3 Å². The normalized spacial score (nSPS) is 11.2. The molecule has 112 valence electrons. The van der Waals surface area contributed by atoms with Crippen LogP contribution in [0.5, 0.6) is 5.75 Å². The maximum Gasteiger partial charge on any atom is 0.309 e. The number of carbonyl (C=O) groups is 1. The van der Waals surface area contributed by atoms with E-state index in [0.717, 1.165) is 29.5 Å². The first-order valence-electron chi connectivity index (χ1n) is 6.93. The van der Waals surface area contributed by atoms with Crippen LogP contribution < -0.4 is 4.74 Å². The molecule has 4 heteroatoms. The van der Waals surface area contributed by atoms with Gasteiger partial charge in [0.25, 0.3) is 0 Å². The number of benzene rings is 1. The van der Waals surface area contributed by atoms with Crippen molar-refractivity contribution in [2.24, 2.45) is 5.41 Å². The predicted octanol–water partition coefficient (Wildman–Crippen LogP) is 3.98. The van der Waals surface area contributed by atoms with Crippen molar-refractivity contribution < 1.29 is 14.3 Å². The highest BCUT2D eigenvalue weighted by Gasteiger charge is 2.25. The van der Waals surface area contributed by atoms with E-state index in [1.807, 2.05) is 24.3 Å². The van der Waals surface area contributed by atoms with E-state index in [0.29, 0.717) is 13.0 Å². The van der Waals surface area contributed by atoms with E-state index in [4.69, 9.17) is 4.74 Å². The molecule has 0 fully saturated rings. The summed E-state index contributed by atoms with van der Waals surface area (Å²) >= 11 is 3.58. The number of methoxy groups -OCH3 is 1. The predicted molar refractivity (Wildman–Crippen MR) is 84.5 cm³/mol. The lowest BCUT2D eigenvalue weighted by atomic mass is 9.86. The summed E-state index contributed by atoms with van der Waals surface area (Å²) in [6, 6.07) is 7.62. The third kappa shape index (κ3) is 4.82. The summed E-state index contributed by atoms with van der Waals surface area (Å²) in [5.41, 5.74) is 1.12. The SMILES string of the molecule is CCC(CC)(CBr)COc1ccc(CC(=O)OC)cc1. The third-order valence-corrected chi connectivity index (χ3v) is 5.02. The number of hydrogen-bond donors (Lipinski definition) is 0. The van der Waals surface area contributed by atoms with Crippen molar-refractivity contribution in [3.05, 3.63) is 29.8 Å². The van der Waals surface area contributed by atoms with Crippen molar-refractivity contribution >= 4 is 21.9 Å². The molecule has 0 bridgehead atoms. The molecule has 0 unspecified atom stereocenters. The Morgan fingerprint density at radius 1 is 1.20 bits per heavy atom. The van der Waals surface area contributed by atoms with Crippen LogP contribution in [0.1, 0.15) is 32.3 Å². The van der Waals surface area contributed by atoms with Gasteiger partial charge in [0.15, 0.2) is 0 Å². The van der Waals surface area contributed by atoms with Crippen molar-refractivity contribution in [2.45, 2.75) is 33.1 Å². The number of hydrogen-bond acceptors (Lipinski definition) is 3. The summed E-state index contributed by atoms with van der Waals surface area (Å²) in [6.07, 6.45) is 2.45. The lowest BCUT2D eigenvalue weighted by Crippen LogP contribution is -2.29. The van der Waals surface area contributed by atoms with Gasteiger partial charge in [0.2, 0.25) is 0 Å². The summed E-state index contributed by atoms with van der Waals surface area (Å²) in [5, 5.41) is 0.938. The number of rotatable bonds is 8. The molecule has 20 heavy (non-hydrogen) atoms. The molecule has 0 N–H and O–H groups in total. The average molecular weight is 343 g/mol. The second kappa shape index (κ2) is 8.30. The minimum absolute atomic E-state index is 0.185. The first-order chi connectivity index (χ1) is 9.59. The van der Waals surface area contributed by atoms with E-state index in [9.17, 15) is 4.79 Å². The Hall–Kier alpha value is -1.03. The lowest BCUT2D eigenvalue weighted by molar-refractivity contribution is -0.139. The molecule has 0 amide bonds. The van der Waals surface area contributed by atoms with E-state index < -0.39 is 0 Å². The standard InChI is InChI=1S/C16H23BrO3/c1-4-16(5-2,11-17)12-20-14-8-6-13(7-9-14)10-15(18)19-3/h6-9H,4-5,10-12H2,1-3H3. The highest BCUT2D eigenvalue weighted by molar-refractivity contribution is 9.09. The van der Waals surface area contributed by atoms with Gasteiger partial charge in [0.1, 0.15) is 5.75 Å². The average Bonchev–Trinajstić information content (AvgIpc) is 2.50. The molecule has 0 aliphatic rings. The lowest BCUT2D eigenvalue weighted by Gasteiger charge is -2.29. The van der Waals surface area contributed by atoms with Crippen molar-refractivity contribution in [1.82, 2.24) is 0 Å². The van der Waals surface area contributed by atoms with Crippen LogP contribution in [0.3, 0.4) is 0 Å². The smallest absolute Gasteiger partial charge is 0.309 e. The van der Waals surface area contributed by atoms with Gasteiger partial charge in [-0.3, -0.25) is 4.79 Å². The fraction of sp³-hybridized carbons (Fsp3) is 0.562. The van der Waals surface area contributed by atoms with Gasteiger partial charge in [-0.15, -0.1) is 0 Å². The van der Waals surface area contributed by atoms with Crippen molar-refractivity contribution in [3.63, 3.8) is 0 Å². The minimum atomic E-state index is -0.228. The van der Waals surface area contributed by atoms with Gasteiger partial charge in [-0.05, 0) is 30.5 Å². The summed E-state index contributed by atoms with van der Waals surface area (Å²) in [5.74, 6) is 0.611. The zero-order valence-corrected chi connectivity index (χ0v) is 14.0. The zero-order valence-electron chi connectivity index (χ0n) is 12.4. The van der Waals surface area contributed by atoms with E-state index in [2.05, 4.69) is 34.5 Å². The molecule has 0 aromatic heterocycles. The van der Waals surface area contributed by atoms with Gasteiger partial charge in [-0.1, -0.05) is 41.9 Å². The molecule has 1 aromatic carbocycles. The second-order valence-corrected chi connectivity index (χ2v) is 5.59. The van der Waals surface area contributed by atoms with Gasteiger partial charge < -0.3 is 9.47 Å². The van der Waals surface area contributed by atoms with Gasteiger partial charge in [0, 0.05) is 10.7 Å². The van der Waals surface area contributed by atoms with Crippen LogP contribution in [0, 0.1) is 5.41 Å². The first-order valence-corrected chi connectivity index (χ1v) is 8.05. The van der Waals surface area contributed by atoms with Gasteiger partial charge in [0.05, 0.1) is 20.1 Å². The van der Waals surface area contributed by atoms with Crippen LogP contribution in [0.25, 0.3) is 0 Å². The molecular formula is C16H23BrO3. The summed E-state index contributed by atoms with van der Waals surface area (Å²) in [7, 11) is 1.40. The maximum atomic E-state index is 11.2. The van der Waals surface area contributed by atoms with E-state index >= 15 is 0 Å². The van der Waals surface area contributed by atoms with Gasteiger partial charge in [-0.2, -0.15) is 0 Å². The molecule has 1 rings (SSSR count). The monoisotopic (exact) mass is 342 g/mol. The number of halogens is 1. The molecule has 0 aliphatic heterocycles. The molecular weight excluding hydrogens is 320 g/mol. The summed E-state index contributed by atoms with van der Waals surface area (Å²) in [6.45, 7) is 5.07. The van der Waals surface area contributed by atoms with Crippen LogP contribution in [0.4, 0.5) is 0 Å². The number of esters is 1. The van der Waals surface area contributed by atoms with Crippen molar-refractivity contribution in [2.75, 3.05) is 19.0 Å². The molecule has 1 aromatic rings. The summed E-state index contributed by atoms with van der Waals surface area (Å²) in [4.78, 5) is 11.2. The van der Waals surface area contributed by atoms with Crippen LogP contribution in [0.2, 0.25) is 0 Å². The van der Waals surface area contributed by atoms with Crippen LogP contribution in [-0.4, -0.2) is 25.0 Å². The van der Waals surface area contributed by atoms with E-state index in [1.165, 1.54) is 7.11 Å². The largest absolute Gasteiger partial charge is 0.493 e. The minimum Gasteiger partial charge on any atom is -0.493 e. The molecule has 0 saturated carbocycles. The maximum absolute atomic E-state index is 11.2. The number of carbonyl (C=O) groups excluding carboxylic acids is 1. The van der Waals surface area contributed by atoms with Crippen LogP contribution >= 0.6 is 15.9 Å². The molecule has 0 radical (unpaired) electrons. The fourth-order valence-electron chi connectivity index (χ4n) is 1.86. The Balaban J connectivity index is 2.59. The first kappa shape index (κ1) is 17.0. The molecule has 0 spiro atoms. The Kier molecular flexibility index (Phi) is 7.06. The molecule has 0 aliphatic carbocycles. The topological polar surface area (TPSA) is 35.5 Å². The van der Waals surface area contributed by atoms with E-state index in [1.54, 1.807) is 0 Å². The third-order valence-electron chi connectivity index (χ3n) is 3.83. The Morgan fingerprint density at radius 3 is 2.25 bits per heavy atom. The second-order valence-electron chi connectivity index (χ2n) is 5.03. The van der Waals surface area contributed by atoms with Crippen molar-refractivity contribution in [1.29, 1.82) is 0 Å². The molecule has 0 saturated heterocycles. The van der Waals surface area contributed by atoms with Gasteiger partial charge >= 0.3 is 5.97 Å². The molecule has 0 atom stereocenters. The Morgan fingerprint density at radius 2 is 1.80 bits per heavy atom. The summed E-state index contributed by atoms with van der Waals surface area (Å²) < 4.78 is 10.5. The van der Waals surface area contributed by atoms with Crippen molar-refractivity contribution in [3.8, 4) is 5.75 Å². The Bertz CT molecular complexity index is 402.